The average Bonchev–Trinajstić information content (AvgIpc) is 2.86. The van der Waals surface area contributed by atoms with Gasteiger partial charge in [0.1, 0.15) is 11.9 Å². The third kappa shape index (κ3) is 3.80. The molecule has 1 aromatic rings. The van der Waals surface area contributed by atoms with Crippen molar-refractivity contribution in [2.24, 2.45) is 0 Å². The summed E-state index contributed by atoms with van der Waals surface area (Å²) in [4.78, 5) is 25.6. The summed E-state index contributed by atoms with van der Waals surface area (Å²) in [5.41, 5.74) is 3.89. The highest BCUT2D eigenvalue weighted by Crippen LogP contribution is 2.44. The molecule has 1 atom stereocenters. The van der Waals surface area contributed by atoms with Gasteiger partial charge in [-0.2, -0.15) is 0 Å². The van der Waals surface area contributed by atoms with E-state index < -0.39 is 11.7 Å². The number of ether oxygens (including phenoxy) is 2. The van der Waals surface area contributed by atoms with E-state index in [0.29, 0.717) is 17.8 Å². The van der Waals surface area contributed by atoms with E-state index in [-0.39, 0.29) is 12.0 Å². The Bertz CT molecular complexity index is 795. The fraction of sp³-hybridized carbons (Fsp3) is 0.565. The van der Waals surface area contributed by atoms with E-state index in [9.17, 15) is 9.59 Å². The van der Waals surface area contributed by atoms with Crippen molar-refractivity contribution in [3.05, 3.63) is 40.1 Å². The van der Waals surface area contributed by atoms with Gasteiger partial charge in [-0.1, -0.05) is 43.9 Å². The van der Waals surface area contributed by atoms with Crippen molar-refractivity contribution in [3.8, 4) is 0 Å². The third-order valence-corrected chi connectivity index (χ3v) is 5.93. The second-order valence-electron chi connectivity index (χ2n) is 8.26. The molecule has 1 unspecified atom stereocenters. The molecule has 1 aliphatic carbocycles. The first-order valence-corrected chi connectivity index (χ1v) is 10.3. The lowest BCUT2D eigenvalue weighted by molar-refractivity contribution is -0.116. The standard InChI is InChI=1S/C23H31NO4/c1-6-17(5)27-22(26)28-20-19(18-15(3)12-14(2)13-16(18)4)21(25)24-23(20)10-8-7-9-11-23/h12-13,17H,6-11H2,1-5H3,(H,24,25). The number of carbonyl (C=O) groups excluding carboxylic acids is 2. The Labute approximate surface area is 167 Å². The second-order valence-corrected chi connectivity index (χ2v) is 8.26. The molecule has 0 radical (unpaired) electrons. The smallest absolute Gasteiger partial charge is 0.431 e. The molecule has 1 aromatic carbocycles. The van der Waals surface area contributed by atoms with Gasteiger partial charge in [0.05, 0.1) is 11.1 Å². The van der Waals surface area contributed by atoms with Crippen LogP contribution in [0.3, 0.4) is 0 Å². The molecule has 3 rings (SSSR count). The maximum absolute atomic E-state index is 13.1. The number of benzene rings is 1. The van der Waals surface area contributed by atoms with Gasteiger partial charge in [0.25, 0.3) is 5.91 Å². The van der Waals surface area contributed by atoms with E-state index in [4.69, 9.17) is 9.47 Å². The molecule has 5 nitrogen and oxygen atoms in total. The van der Waals surface area contributed by atoms with E-state index >= 15 is 0 Å². The maximum Gasteiger partial charge on any atom is 0.513 e. The van der Waals surface area contributed by atoms with Gasteiger partial charge in [-0.15, -0.1) is 0 Å². The quantitative estimate of drug-likeness (QED) is 0.732. The summed E-state index contributed by atoms with van der Waals surface area (Å²) in [5.74, 6) is 0.281. The third-order valence-electron chi connectivity index (χ3n) is 5.93. The van der Waals surface area contributed by atoms with Crippen LogP contribution in [-0.4, -0.2) is 23.7 Å². The fourth-order valence-electron chi connectivity index (χ4n) is 4.49. The molecular weight excluding hydrogens is 354 g/mol. The second kappa shape index (κ2) is 7.98. The number of hydrogen-bond acceptors (Lipinski definition) is 4. The zero-order chi connectivity index (χ0) is 20.5. The van der Waals surface area contributed by atoms with Crippen LogP contribution in [0, 0.1) is 20.8 Å². The van der Waals surface area contributed by atoms with Gasteiger partial charge in [-0.05, 0) is 63.6 Å². The van der Waals surface area contributed by atoms with Gasteiger partial charge >= 0.3 is 6.16 Å². The number of carbonyl (C=O) groups is 2. The van der Waals surface area contributed by atoms with Crippen molar-refractivity contribution in [2.75, 3.05) is 0 Å². The SMILES string of the molecule is CCC(C)OC(=O)OC1=C(c2c(C)cc(C)cc2C)C(=O)NC12CCCCC2. The highest BCUT2D eigenvalue weighted by atomic mass is 16.7. The van der Waals surface area contributed by atoms with Crippen molar-refractivity contribution >= 4 is 17.6 Å². The van der Waals surface area contributed by atoms with E-state index in [1.54, 1.807) is 0 Å². The highest BCUT2D eigenvalue weighted by Gasteiger charge is 2.49. The molecule has 1 N–H and O–H groups in total. The minimum Gasteiger partial charge on any atom is -0.431 e. The van der Waals surface area contributed by atoms with Crippen LogP contribution in [-0.2, 0) is 14.3 Å². The maximum atomic E-state index is 13.1. The minimum atomic E-state index is -0.731. The summed E-state index contributed by atoms with van der Waals surface area (Å²) in [7, 11) is 0. The Hall–Kier alpha value is -2.30. The van der Waals surface area contributed by atoms with Gasteiger partial charge < -0.3 is 14.8 Å². The number of hydrogen-bond donors (Lipinski definition) is 1. The molecule has 1 aliphatic heterocycles. The number of aryl methyl sites for hydroxylation is 3. The summed E-state index contributed by atoms with van der Waals surface area (Å²) in [5, 5.41) is 3.16. The molecule has 1 heterocycles. The summed E-state index contributed by atoms with van der Waals surface area (Å²) in [6, 6.07) is 4.12. The van der Waals surface area contributed by atoms with Crippen LogP contribution in [0.5, 0.6) is 0 Å². The van der Waals surface area contributed by atoms with Gasteiger partial charge in [0, 0.05) is 0 Å². The predicted molar refractivity (Wildman–Crippen MR) is 109 cm³/mol. The van der Waals surface area contributed by atoms with Gasteiger partial charge in [-0.25, -0.2) is 4.79 Å². The molecule has 0 bridgehead atoms. The number of amides is 1. The first-order valence-electron chi connectivity index (χ1n) is 10.3. The minimum absolute atomic E-state index is 0.164. The highest BCUT2D eigenvalue weighted by molar-refractivity contribution is 6.24. The average molecular weight is 386 g/mol. The lowest BCUT2D eigenvalue weighted by atomic mass is 9.80. The van der Waals surface area contributed by atoms with E-state index in [1.165, 1.54) is 0 Å². The Balaban J connectivity index is 2.11. The summed E-state index contributed by atoms with van der Waals surface area (Å²) >= 11 is 0. The van der Waals surface area contributed by atoms with Crippen LogP contribution in [0.15, 0.2) is 17.9 Å². The summed E-state index contributed by atoms with van der Waals surface area (Å²) < 4.78 is 11.2. The molecule has 0 aromatic heterocycles. The van der Waals surface area contributed by atoms with Crippen LogP contribution in [0.4, 0.5) is 4.79 Å². The van der Waals surface area contributed by atoms with Crippen molar-refractivity contribution in [3.63, 3.8) is 0 Å². The normalized spacial score (nSPS) is 19.5. The lowest BCUT2D eigenvalue weighted by Crippen LogP contribution is -2.47. The first kappa shape index (κ1) is 20.4. The molecule has 5 heteroatoms. The summed E-state index contributed by atoms with van der Waals surface area (Å²) in [6.07, 6.45) is 4.41. The molecule has 1 fully saturated rings. The molecular formula is C23H31NO4. The van der Waals surface area contributed by atoms with E-state index in [0.717, 1.165) is 54.4 Å². The first-order chi connectivity index (χ1) is 13.3. The zero-order valence-corrected chi connectivity index (χ0v) is 17.6. The molecule has 152 valence electrons. The van der Waals surface area contributed by atoms with E-state index in [1.807, 2.05) is 34.6 Å². The Morgan fingerprint density at radius 3 is 2.32 bits per heavy atom. The van der Waals surface area contributed by atoms with Gasteiger partial charge in [0.2, 0.25) is 0 Å². The molecule has 28 heavy (non-hydrogen) atoms. The van der Waals surface area contributed by atoms with Crippen LogP contribution in [0.2, 0.25) is 0 Å². The zero-order valence-electron chi connectivity index (χ0n) is 17.6. The summed E-state index contributed by atoms with van der Waals surface area (Å²) in [6.45, 7) is 9.81. The van der Waals surface area contributed by atoms with Crippen LogP contribution in [0.1, 0.15) is 74.6 Å². The van der Waals surface area contributed by atoms with Crippen LogP contribution in [0.25, 0.3) is 5.57 Å². The molecule has 1 amide bonds. The monoisotopic (exact) mass is 385 g/mol. The fourth-order valence-corrected chi connectivity index (χ4v) is 4.49. The van der Waals surface area contributed by atoms with Crippen molar-refractivity contribution in [2.45, 2.75) is 84.8 Å². The van der Waals surface area contributed by atoms with Crippen LogP contribution < -0.4 is 5.32 Å². The predicted octanol–water partition coefficient (Wildman–Crippen LogP) is 5.11. The number of rotatable bonds is 4. The lowest BCUT2D eigenvalue weighted by Gasteiger charge is -2.34. The number of nitrogens with one attached hydrogen (secondary N) is 1. The topological polar surface area (TPSA) is 64.6 Å². The Morgan fingerprint density at radius 1 is 1.14 bits per heavy atom. The molecule has 1 saturated carbocycles. The van der Waals surface area contributed by atoms with Crippen molar-refractivity contribution in [1.29, 1.82) is 0 Å². The van der Waals surface area contributed by atoms with Gasteiger partial charge in [0.15, 0.2) is 0 Å². The van der Waals surface area contributed by atoms with Crippen molar-refractivity contribution in [1.82, 2.24) is 5.32 Å². The van der Waals surface area contributed by atoms with E-state index in [2.05, 4.69) is 17.4 Å². The van der Waals surface area contributed by atoms with Crippen LogP contribution >= 0.6 is 0 Å². The molecule has 2 aliphatic rings. The Kier molecular flexibility index (Phi) is 5.82. The molecule has 1 spiro atoms. The largest absolute Gasteiger partial charge is 0.513 e. The van der Waals surface area contributed by atoms with Gasteiger partial charge in [-0.3, -0.25) is 4.79 Å². The Morgan fingerprint density at radius 2 is 1.75 bits per heavy atom. The molecule has 0 saturated heterocycles. The van der Waals surface area contributed by atoms with Crippen molar-refractivity contribution < 1.29 is 19.1 Å².